The van der Waals surface area contributed by atoms with E-state index in [1.54, 1.807) is 0 Å². The lowest BCUT2D eigenvalue weighted by Crippen LogP contribution is -2.39. The number of amides is 1. The van der Waals surface area contributed by atoms with Crippen LogP contribution in [0.1, 0.15) is 36.0 Å². The highest BCUT2D eigenvalue weighted by molar-refractivity contribution is 5.98. The number of para-hydroxylation sites is 1. The first-order valence-electron chi connectivity index (χ1n) is 8.14. The maximum absolute atomic E-state index is 13.0. The van der Waals surface area contributed by atoms with E-state index >= 15 is 0 Å². The van der Waals surface area contributed by atoms with Gasteiger partial charge < -0.3 is 19.3 Å². The van der Waals surface area contributed by atoms with Gasteiger partial charge in [0, 0.05) is 25.2 Å². The molecule has 4 rings (SSSR count). The summed E-state index contributed by atoms with van der Waals surface area (Å²) in [7, 11) is 2.16. The van der Waals surface area contributed by atoms with Crippen molar-refractivity contribution in [3.63, 3.8) is 0 Å². The van der Waals surface area contributed by atoms with E-state index in [-0.39, 0.29) is 12.7 Å². The van der Waals surface area contributed by atoms with Gasteiger partial charge in [0.1, 0.15) is 0 Å². The zero-order chi connectivity index (χ0) is 15.1. The van der Waals surface area contributed by atoms with Gasteiger partial charge in [0.15, 0.2) is 11.5 Å². The van der Waals surface area contributed by atoms with Crippen LogP contribution < -0.4 is 9.47 Å². The second-order valence-electron chi connectivity index (χ2n) is 6.48. The number of benzene rings is 1. The lowest BCUT2D eigenvalue weighted by molar-refractivity contribution is 0.0721. The largest absolute Gasteiger partial charge is 0.454 e. The van der Waals surface area contributed by atoms with Gasteiger partial charge in [-0.3, -0.25) is 4.79 Å². The molecule has 5 heteroatoms. The van der Waals surface area contributed by atoms with Gasteiger partial charge in [-0.1, -0.05) is 6.07 Å². The molecule has 0 N–H and O–H groups in total. The van der Waals surface area contributed by atoms with Gasteiger partial charge >= 0.3 is 0 Å². The number of carbonyl (C=O) groups excluding carboxylic acids is 1. The first kappa shape index (κ1) is 13.9. The van der Waals surface area contributed by atoms with E-state index in [0.717, 1.165) is 32.0 Å². The predicted octanol–water partition coefficient (Wildman–Crippen LogP) is 2.11. The highest BCUT2D eigenvalue weighted by atomic mass is 16.7. The fourth-order valence-corrected chi connectivity index (χ4v) is 3.05. The number of hydrogen-bond donors (Lipinski definition) is 0. The predicted molar refractivity (Wildman–Crippen MR) is 82.3 cm³/mol. The average Bonchev–Trinajstić information content (AvgIpc) is 3.44. The van der Waals surface area contributed by atoms with Gasteiger partial charge in [-0.25, -0.2) is 0 Å². The van der Waals surface area contributed by atoms with E-state index in [9.17, 15) is 4.79 Å². The topological polar surface area (TPSA) is 42.0 Å². The number of fused-ring (bicyclic) bond motifs is 1. The number of rotatable bonds is 6. The van der Waals surface area contributed by atoms with Crippen LogP contribution in [0.15, 0.2) is 18.2 Å². The van der Waals surface area contributed by atoms with Crippen LogP contribution in [0.3, 0.4) is 0 Å². The molecule has 0 bridgehead atoms. The molecular weight excluding hydrogens is 280 g/mol. The Morgan fingerprint density at radius 2 is 1.91 bits per heavy atom. The van der Waals surface area contributed by atoms with Crippen LogP contribution in [-0.4, -0.2) is 54.7 Å². The third-order valence-electron chi connectivity index (χ3n) is 4.74. The number of hydrogen-bond acceptors (Lipinski definition) is 4. The van der Waals surface area contributed by atoms with Gasteiger partial charge in [0.2, 0.25) is 6.79 Å². The first-order chi connectivity index (χ1) is 10.7. The molecule has 118 valence electrons. The Kier molecular flexibility index (Phi) is 3.45. The fourth-order valence-electron chi connectivity index (χ4n) is 3.05. The molecule has 1 heterocycles. The summed E-state index contributed by atoms with van der Waals surface area (Å²) in [5, 5.41) is 0. The van der Waals surface area contributed by atoms with Gasteiger partial charge in [-0.05, 0) is 44.9 Å². The van der Waals surface area contributed by atoms with Crippen LogP contribution >= 0.6 is 0 Å². The van der Waals surface area contributed by atoms with Crippen molar-refractivity contribution in [3.8, 4) is 11.5 Å². The molecule has 0 spiro atoms. The third kappa shape index (κ3) is 2.65. The number of likely N-dealkylation sites (N-methyl/N-ethyl adjacent to an activating group) is 1. The van der Waals surface area contributed by atoms with Crippen molar-refractivity contribution < 1.29 is 14.3 Å². The minimum atomic E-state index is 0.0778. The molecule has 2 fully saturated rings. The molecule has 3 aliphatic rings. The standard InChI is InChI=1S/C17H22N2O3/c1-18(12-5-6-12)9-10-19(13-7-8-13)17(20)14-3-2-4-15-16(14)22-11-21-15/h2-4,12-13H,5-11H2,1H3. The molecule has 5 nitrogen and oxygen atoms in total. The summed E-state index contributed by atoms with van der Waals surface area (Å²) >= 11 is 0. The summed E-state index contributed by atoms with van der Waals surface area (Å²) in [5.74, 6) is 1.36. The normalized spacial score (nSPS) is 19.5. The molecule has 2 aliphatic carbocycles. The lowest BCUT2D eigenvalue weighted by Gasteiger charge is -2.26. The zero-order valence-electron chi connectivity index (χ0n) is 13.0. The second-order valence-corrected chi connectivity index (χ2v) is 6.48. The van der Waals surface area contributed by atoms with Crippen molar-refractivity contribution in [2.45, 2.75) is 37.8 Å². The summed E-state index contributed by atoms with van der Waals surface area (Å²) in [5.41, 5.74) is 0.635. The zero-order valence-corrected chi connectivity index (χ0v) is 13.0. The Morgan fingerprint density at radius 3 is 2.64 bits per heavy atom. The Bertz CT molecular complexity index is 581. The van der Waals surface area contributed by atoms with Gasteiger partial charge in [-0.15, -0.1) is 0 Å². The van der Waals surface area contributed by atoms with Crippen molar-refractivity contribution in [2.24, 2.45) is 0 Å². The monoisotopic (exact) mass is 302 g/mol. The molecular formula is C17H22N2O3. The first-order valence-corrected chi connectivity index (χ1v) is 8.14. The minimum absolute atomic E-state index is 0.0778. The van der Waals surface area contributed by atoms with Gasteiger partial charge in [0.25, 0.3) is 5.91 Å². The van der Waals surface area contributed by atoms with Crippen LogP contribution in [0.2, 0.25) is 0 Å². The van der Waals surface area contributed by atoms with Crippen LogP contribution in [0.25, 0.3) is 0 Å². The van der Waals surface area contributed by atoms with Crippen molar-refractivity contribution in [2.75, 3.05) is 26.9 Å². The van der Waals surface area contributed by atoms with E-state index in [2.05, 4.69) is 11.9 Å². The van der Waals surface area contributed by atoms with Crippen molar-refractivity contribution in [3.05, 3.63) is 23.8 Å². The summed E-state index contributed by atoms with van der Waals surface area (Å²) in [6, 6.07) is 6.69. The molecule has 0 unspecified atom stereocenters. The van der Waals surface area contributed by atoms with Crippen molar-refractivity contribution in [1.29, 1.82) is 0 Å². The van der Waals surface area contributed by atoms with Crippen molar-refractivity contribution in [1.82, 2.24) is 9.80 Å². The van der Waals surface area contributed by atoms with E-state index in [1.165, 1.54) is 12.8 Å². The lowest BCUT2D eigenvalue weighted by atomic mass is 10.1. The van der Waals surface area contributed by atoms with E-state index in [0.29, 0.717) is 23.1 Å². The summed E-state index contributed by atoms with van der Waals surface area (Å²) in [6.45, 7) is 1.94. The van der Waals surface area contributed by atoms with Gasteiger partial charge in [0.05, 0.1) is 5.56 Å². The second kappa shape index (κ2) is 5.47. The molecule has 0 atom stereocenters. The summed E-state index contributed by atoms with van der Waals surface area (Å²) < 4.78 is 10.9. The molecule has 1 aromatic rings. The number of ether oxygens (including phenoxy) is 2. The van der Waals surface area contributed by atoms with Gasteiger partial charge in [-0.2, -0.15) is 0 Å². The van der Waals surface area contributed by atoms with Crippen LogP contribution in [0.5, 0.6) is 11.5 Å². The SMILES string of the molecule is CN(CCN(C(=O)c1cccc2c1OCO2)C1CC1)C1CC1. The molecule has 2 saturated carbocycles. The highest BCUT2D eigenvalue weighted by Crippen LogP contribution is 2.37. The Morgan fingerprint density at radius 1 is 1.14 bits per heavy atom. The molecule has 22 heavy (non-hydrogen) atoms. The maximum atomic E-state index is 13.0. The molecule has 0 aromatic heterocycles. The molecule has 1 amide bonds. The number of carbonyl (C=O) groups is 1. The number of nitrogens with zero attached hydrogens (tertiary/aromatic N) is 2. The van der Waals surface area contributed by atoms with Crippen LogP contribution in [-0.2, 0) is 0 Å². The maximum Gasteiger partial charge on any atom is 0.258 e. The molecule has 0 radical (unpaired) electrons. The molecule has 0 saturated heterocycles. The Hall–Kier alpha value is -1.75. The third-order valence-corrected chi connectivity index (χ3v) is 4.74. The minimum Gasteiger partial charge on any atom is -0.454 e. The molecule has 1 aromatic carbocycles. The van der Waals surface area contributed by atoms with Crippen molar-refractivity contribution >= 4 is 5.91 Å². The summed E-state index contributed by atoms with van der Waals surface area (Å²) in [4.78, 5) is 17.4. The van der Waals surface area contributed by atoms with Crippen LogP contribution in [0, 0.1) is 0 Å². The fraction of sp³-hybridized carbons (Fsp3) is 0.588. The van der Waals surface area contributed by atoms with Crippen LogP contribution in [0.4, 0.5) is 0 Å². The Labute approximate surface area is 130 Å². The van der Waals surface area contributed by atoms with E-state index in [1.807, 2.05) is 23.1 Å². The van der Waals surface area contributed by atoms with E-state index in [4.69, 9.17) is 9.47 Å². The van der Waals surface area contributed by atoms with E-state index < -0.39 is 0 Å². The smallest absolute Gasteiger partial charge is 0.258 e. The summed E-state index contributed by atoms with van der Waals surface area (Å²) in [6.07, 6.45) is 4.83. The highest BCUT2D eigenvalue weighted by Gasteiger charge is 2.36. The molecule has 1 aliphatic heterocycles. The average molecular weight is 302 g/mol. The quantitative estimate of drug-likeness (QED) is 0.807. The Balaban J connectivity index is 1.50.